The molecule has 1 aromatic carbocycles. The molecule has 0 bridgehead atoms. The van der Waals surface area contributed by atoms with Crippen LogP contribution in [0.2, 0.25) is 0 Å². The van der Waals surface area contributed by atoms with Gasteiger partial charge in [0.15, 0.2) is 0 Å². The van der Waals surface area contributed by atoms with Crippen LogP contribution in [0, 0.1) is 0 Å². The quantitative estimate of drug-likeness (QED) is 0.919. The van der Waals surface area contributed by atoms with Gasteiger partial charge in [-0.3, -0.25) is 0 Å². The molecular weight excluding hydrogens is 284 g/mol. The van der Waals surface area contributed by atoms with Gasteiger partial charge < -0.3 is 9.88 Å². The standard InChI is InChI=1S/C19H26N4/c1-23-18(21-22-19(23)15-9-5-10-15)13-20-17-12-6-11-16(17)14-7-3-2-4-8-14/h2-4,7-8,15-17,20H,5-6,9-13H2,1H3/t16-,17-/m0/s1. The van der Waals surface area contributed by atoms with Crippen LogP contribution in [-0.4, -0.2) is 20.8 Å². The van der Waals surface area contributed by atoms with Crippen LogP contribution in [0.3, 0.4) is 0 Å². The fourth-order valence-electron chi connectivity index (χ4n) is 4.08. The van der Waals surface area contributed by atoms with Gasteiger partial charge in [0, 0.05) is 19.0 Å². The molecule has 2 aromatic rings. The van der Waals surface area contributed by atoms with Crippen molar-refractivity contribution >= 4 is 0 Å². The molecule has 0 aliphatic heterocycles. The molecule has 0 amide bonds. The van der Waals surface area contributed by atoms with Crippen molar-refractivity contribution in [1.29, 1.82) is 0 Å². The number of rotatable bonds is 5. The van der Waals surface area contributed by atoms with Gasteiger partial charge in [0.05, 0.1) is 6.54 Å². The molecule has 4 nitrogen and oxygen atoms in total. The summed E-state index contributed by atoms with van der Waals surface area (Å²) in [5.74, 6) is 3.53. The summed E-state index contributed by atoms with van der Waals surface area (Å²) in [6.45, 7) is 0.824. The van der Waals surface area contributed by atoms with E-state index in [0.29, 0.717) is 17.9 Å². The van der Waals surface area contributed by atoms with Crippen molar-refractivity contribution < 1.29 is 0 Å². The summed E-state index contributed by atoms with van der Waals surface area (Å²) < 4.78 is 2.21. The maximum absolute atomic E-state index is 4.43. The second-order valence-electron chi connectivity index (χ2n) is 7.10. The average molecular weight is 310 g/mol. The number of benzene rings is 1. The fraction of sp³-hybridized carbons (Fsp3) is 0.579. The SMILES string of the molecule is Cn1c(CN[C@H]2CCC[C@H]2c2ccccc2)nnc1C1CCC1. The van der Waals surface area contributed by atoms with E-state index >= 15 is 0 Å². The monoisotopic (exact) mass is 310 g/mol. The zero-order chi connectivity index (χ0) is 15.6. The predicted molar refractivity (Wildman–Crippen MR) is 91.3 cm³/mol. The van der Waals surface area contributed by atoms with Crippen LogP contribution in [0.5, 0.6) is 0 Å². The molecule has 2 aliphatic rings. The fourth-order valence-corrected chi connectivity index (χ4v) is 4.08. The van der Waals surface area contributed by atoms with Gasteiger partial charge in [-0.15, -0.1) is 10.2 Å². The van der Waals surface area contributed by atoms with Gasteiger partial charge in [0.1, 0.15) is 11.6 Å². The summed E-state index contributed by atoms with van der Waals surface area (Å²) in [4.78, 5) is 0. The first-order chi connectivity index (χ1) is 11.3. The summed E-state index contributed by atoms with van der Waals surface area (Å²) in [6, 6.07) is 11.5. The van der Waals surface area contributed by atoms with Crippen molar-refractivity contribution in [2.24, 2.45) is 7.05 Å². The van der Waals surface area contributed by atoms with E-state index in [2.05, 4.69) is 57.5 Å². The zero-order valence-corrected chi connectivity index (χ0v) is 13.9. The minimum atomic E-state index is 0.557. The highest BCUT2D eigenvalue weighted by Gasteiger charge is 2.29. The van der Waals surface area contributed by atoms with Gasteiger partial charge >= 0.3 is 0 Å². The Kier molecular flexibility index (Phi) is 4.17. The zero-order valence-electron chi connectivity index (χ0n) is 13.9. The average Bonchev–Trinajstić information content (AvgIpc) is 3.13. The molecular formula is C19H26N4. The third-order valence-electron chi connectivity index (χ3n) is 5.74. The number of nitrogens with zero attached hydrogens (tertiary/aromatic N) is 3. The van der Waals surface area contributed by atoms with Crippen molar-refractivity contribution in [3.63, 3.8) is 0 Å². The van der Waals surface area contributed by atoms with E-state index in [4.69, 9.17) is 0 Å². The van der Waals surface area contributed by atoms with E-state index in [1.165, 1.54) is 49.9 Å². The Balaban J connectivity index is 1.41. The lowest BCUT2D eigenvalue weighted by molar-refractivity contribution is 0.390. The van der Waals surface area contributed by atoms with E-state index in [-0.39, 0.29) is 0 Å². The Hall–Kier alpha value is -1.68. The van der Waals surface area contributed by atoms with Crippen LogP contribution in [0.15, 0.2) is 30.3 Å². The van der Waals surface area contributed by atoms with Crippen molar-refractivity contribution in [1.82, 2.24) is 20.1 Å². The van der Waals surface area contributed by atoms with Gasteiger partial charge in [0.25, 0.3) is 0 Å². The molecule has 0 spiro atoms. The lowest BCUT2D eigenvalue weighted by Crippen LogP contribution is -2.31. The second kappa shape index (κ2) is 6.44. The maximum Gasteiger partial charge on any atom is 0.146 e. The first kappa shape index (κ1) is 14.9. The molecule has 2 fully saturated rings. The second-order valence-corrected chi connectivity index (χ2v) is 7.10. The Morgan fingerprint density at radius 3 is 2.57 bits per heavy atom. The Morgan fingerprint density at radius 2 is 1.83 bits per heavy atom. The number of nitrogens with one attached hydrogen (secondary N) is 1. The molecule has 0 saturated heterocycles. The third-order valence-corrected chi connectivity index (χ3v) is 5.74. The van der Waals surface area contributed by atoms with Gasteiger partial charge in [-0.25, -0.2) is 0 Å². The highest BCUT2D eigenvalue weighted by Crippen LogP contribution is 2.36. The van der Waals surface area contributed by atoms with E-state index in [0.717, 1.165) is 12.4 Å². The maximum atomic E-state index is 4.43. The molecule has 0 radical (unpaired) electrons. The van der Waals surface area contributed by atoms with E-state index in [9.17, 15) is 0 Å². The van der Waals surface area contributed by atoms with E-state index in [1.54, 1.807) is 0 Å². The number of hydrogen-bond donors (Lipinski definition) is 1. The largest absolute Gasteiger partial charge is 0.317 e. The molecule has 1 heterocycles. The molecule has 122 valence electrons. The molecule has 2 atom stereocenters. The highest BCUT2D eigenvalue weighted by atomic mass is 15.3. The van der Waals surface area contributed by atoms with Crippen LogP contribution in [0.4, 0.5) is 0 Å². The number of hydrogen-bond acceptors (Lipinski definition) is 3. The minimum Gasteiger partial charge on any atom is -0.317 e. The summed E-state index contributed by atoms with van der Waals surface area (Å²) in [7, 11) is 2.12. The first-order valence-corrected chi connectivity index (χ1v) is 8.99. The van der Waals surface area contributed by atoms with E-state index in [1.807, 2.05) is 0 Å². The van der Waals surface area contributed by atoms with Crippen LogP contribution in [0.1, 0.15) is 67.6 Å². The summed E-state index contributed by atoms with van der Waals surface area (Å²) in [5, 5.41) is 12.6. The third kappa shape index (κ3) is 2.92. The normalized spacial score (nSPS) is 24.7. The van der Waals surface area contributed by atoms with Crippen LogP contribution >= 0.6 is 0 Å². The van der Waals surface area contributed by atoms with Gasteiger partial charge in [-0.05, 0) is 37.2 Å². The summed E-state index contributed by atoms with van der Waals surface area (Å²) >= 11 is 0. The Morgan fingerprint density at radius 1 is 1.04 bits per heavy atom. The van der Waals surface area contributed by atoms with Crippen LogP contribution < -0.4 is 5.32 Å². The highest BCUT2D eigenvalue weighted by molar-refractivity contribution is 5.22. The molecule has 4 rings (SSSR count). The molecule has 0 unspecified atom stereocenters. The number of aromatic nitrogens is 3. The molecule has 4 heteroatoms. The van der Waals surface area contributed by atoms with Crippen LogP contribution in [0.25, 0.3) is 0 Å². The van der Waals surface area contributed by atoms with Crippen molar-refractivity contribution in [2.45, 2.75) is 62.9 Å². The minimum absolute atomic E-state index is 0.557. The van der Waals surface area contributed by atoms with Crippen molar-refractivity contribution in [3.8, 4) is 0 Å². The van der Waals surface area contributed by atoms with Crippen LogP contribution in [-0.2, 0) is 13.6 Å². The Bertz CT molecular complexity index is 645. The topological polar surface area (TPSA) is 42.7 Å². The lowest BCUT2D eigenvalue weighted by atomic mass is 9.85. The van der Waals surface area contributed by atoms with Gasteiger partial charge in [-0.2, -0.15) is 0 Å². The Labute approximate surface area is 138 Å². The van der Waals surface area contributed by atoms with Crippen molar-refractivity contribution in [3.05, 3.63) is 47.5 Å². The summed E-state index contributed by atoms with van der Waals surface area (Å²) in [6.07, 6.45) is 7.74. The molecule has 2 aliphatic carbocycles. The molecule has 2 saturated carbocycles. The molecule has 1 N–H and O–H groups in total. The van der Waals surface area contributed by atoms with E-state index < -0.39 is 0 Å². The van der Waals surface area contributed by atoms with Crippen molar-refractivity contribution in [2.75, 3.05) is 0 Å². The van der Waals surface area contributed by atoms with Gasteiger partial charge in [-0.1, -0.05) is 43.2 Å². The van der Waals surface area contributed by atoms with Gasteiger partial charge in [0.2, 0.25) is 0 Å². The smallest absolute Gasteiger partial charge is 0.146 e. The molecule has 1 aromatic heterocycles. The lowest BCUT2D eigenvalue weighted by Gasteiger charge is -2.24. The summed E-state index contributed by atoms with van der Waals surface area (Å²) in [5.41, 5.74) is 1.47. The first-order valence-electron chi connectivity index (χ1n) is 8.99. The molecule has 23 heavy (non-hydrogen) atoms. The predicted octanol–water partition coefficient (Wildman–Crippen LogP) is 3.51.